The third-order valence-electron chi connectivity index (χ3n) is 5.41. The number of hydrogen-bond donors (Lipinski definition) is 2. The first-order valence-electron chi connectivity index (χ1n) is 10.9. The van der Waals surface area contributed by atoms with E-state index in [2.05, 4.69) is 4.98 Å². The van der Waals surface area contributed by atoms with Crippen LogP contribution in [0, 0.1) is 6.92 Å². The fourth-order valence-electron chi connectivity index (χ4n) is 3.69. The number of aryl methyl sites for hydroxylation is 2. The average molecular weight is 435 g/mol. The molecule has 3 aromatic rings. The number of carbonyl (C=O) groups is 1. The van der Waals surface area contributed by atoms with E-state index in [0.29, 0.717) is 13.0 Å². The Kier molecular flexibility index (Phi) is 7.65. The summed E-state index contributed by atoms with van der Waals surface area (Å²) in [6.07, 6.45) is 2.35. The molecule has 3 rings (SSSR count). The van der Waals surface area contributed by atoms with Crippen LogP contribution in [0.4, 0.5) is 11.5 Å². The van der Waals surface area contributed by atoms with Gasteiger partial charge in [-0.3, -0.25) is 19.1 Å². The summed E-state index contributed by atoms with van der Waals surface area (Å²) in [6, 6.07) is 17.4. The Balaban J connectivity index is 1.98. The molecule has 168 valence electrons. The van der Waals surface area contributed by atoms with Gasteiger partial charge in [0.1, 0.15) is 5.82 Å². The van der Waals surface area contributed by atoms with Crippen molar-refractivity contribution >= 4 is 17.4 Å². The number of nitrogens with zero attached hydrogens (tertiary/aromatic N) is 2. The minimum atomic E-state index is -0.653. The lowest BCUT2D eigenvalue weighted by atomic mass is 10.1. The second-order valence-corrected chi connectivity index (χ2v) is 7.95. The van der Waals surface area contributed by atoms with E-state index in [1.54, 1.807) is 0 Å². The third-order valence-corrected chi connectivity index (χ3v) is 5.41. The number of carbonyl (C=O) groups excluding carboxylic acids is 1. The van der Waals surface area contributed by atoms with Crippen molar-refractivity contribution in [2.75, 3.05) is 10.6 Å². The first kappa shape index (κ1) is 23.1. The van der Waals surface area contributed by atoms with Gasteiger partial charge in [0.15, 0.2) is 5.69 Å². The maximum atomic E-state index is 13.4. The number of nitrogen functional groups attached to an aromatic ring is 1. The minimum Gasteiger partial charge on any atom is -0.383 e. The molecule has 0 unspecified atom stereocenters. The zero-order chi connectivity index (χ0) is 23.1. The molecule has 2 aromatic carbocycles. The first-order chi connectivity index (χ1) is 15.4. The van der Waals surface area contributed by atoms with Gasteiger partial charge in [0.25, 0.3) is 5.56 Å². The maximum Gasteiger partial charge on any atom is 0.330 e. The zero-order valence-electron chi connectivity index (χ0n) is 18.6. The lowest BCUT2D eigenvalue weighted by molar-refractivity contribution is -0.118. The second kappa shape index (κ2) is 10.6. The molecule has 0 bridgehead atoms. The van der Waals surface area contributed by atoms with Crippen LogP contribution in [0.25, 0.3) is 0 Å². The second-order valence-electron chi connectivity index (χ2n) is 7.95. The van der Waals surface area contributed by atoms with Gasteiger partial charge in [0, 0.05) is 13.0 Å². The summed E-state index contributed by atoms with van der Waals surface area (Å²) in [4.78, 5) is 42.2. The van der Waals surface area contributed by atoms with Crippen molar-refractivity contribution < 1.29 is 4.79 Å². The molecule has 0 aliphatic heterocycles. The predicted molar refractivity (Wildman–Crippen MR) is 128 cm³/mol. The molecule has 0 aliphatic carbocycles. The Labute approximate surface area is 187 Å². The molecule has 0 radical (unpaired) electrons. The van der Waals surface area contributed by atoms with Crippen molar-refractivity contribution in [2.45, 2.75) is 52.6 Å². The summed E-state index contributed by atoms with van der Waals surface area (Å²) in [5.74, 6) is -0.208. The largest absolute Gasteiger partial charge is 0.383 e. The minimum absolute atomic E-state index is 0.0204. The quantitative estimate of drug-likeness (QED) is 0.539. The van der Waals surface area contributed by atoms with Crippen LogP contribution in [-0.2, 0) is 24.3 Å². The van der Waals surface area contributed by atoms with Gasteiger partial charge < -0.3 is 10.6 Å². The van der Waals surface area contributed by atoms with Crippen LogP contribution >= 0.6 is 0 Å². The number of amides is 1. The Morgan fingerprint density at radius 1 is 1.06 bits per heavy atom. The number of nitrogens with two attached hydrogens (primary N) is 1. The molecule has 1 aromatic heterocycles. The van der Waals surface area contributed by atoms with E-state index >= 15 is 0 Å². The average Bonchev–Trinajstić information content (AvgIpc) is 2.77. The van der Waals surface area contributed by atoms with Gasteiger partial charge in [0.2, 0.25) is 5.91 Å². The van der Waals surface area contributed by atoms with Crippen molar-refractivity contribution in [2.24, 2.45) is 0 Å². The fraction of sp³-hybridized carbons (Fsp3) is 0.320. The van der Waals surface area contributed by atoms with Gasteiger partial charge in [0.05, 0.1) is 6.54 Å². The van der Waals surface area contributed by atoms with Crippen LogP contribution in [0.3, 0.4) is 0 Å². The number of unbranched alkanes of at least 4 members (excludes halogenated alkanes) is 1. The summed E-state index contributed by atoms with van der Waals surface area (Å²) in [5.41, 5.74) is 8.15. The first-order valence-corrected chi connectivity index (χ1v) is 10.9. The van der Waals surface area contributed by atoms with Crippen molar-refractivity contribution in [1.29, 1.82) is 0 Å². The Morgan fingerprint density at radius 2 is 1.78 bits per heavy atom. The molecule has 0 atom stereocenters. The van der Waals surface area contributed by atoms with Crippen molar-refractivity contribution in [3.8, 4) is 0 Å². The Hall–Kier alpha value is -3.61. The van der Waals surface area contributed by atoms with Gasteiger partial charge in [-0.15, -0.1) is 0 Å². The summed E-state index contributed by atoms with van der Waals surface area (Å²) in [6.45, 7) is 4.57. The van der Waals surface area contributed by atoms with E-state index in [1.807, 2.05) is 68.4 Å². The number of H-pyrrole nitrogens is 1. The molecule has 1 heterocycles. The van der Waals surface area contributed by atoms with Gasteiger partial charge in [-0.2, -0.15) is 0 Å². The SMILES string of the molecule is CCCCn1c(N)c(N(Cc2ccccc2)C(=O)CCc2cccc(C)c2)c(=O)[nH]c1=O. The molecule has 0 fully saturated rings. The Morgan fingerprint density at radius 3 is 2.47 bits per heavy atom. The summed E-state index contributed by atoms with van der Waals surface area (Å²) < 4.78 is 1.34. The molecule has 0 spiro atoms. The highest BCUT2D eigenvalue weighted by molar-refractivity contribution is 5.95. The molecular weight excluding hydrogens is 404 g/mol. The maximum absolute atomic E-state index is 13.4. The summed E-state index contributed by atoms with van der Waals surface area (Å²) in [7, 11) is 0. The van der Waals surface area contributed by atoms with E-state index in [-0.39, 0.29) is 30.4 Å². The van der Waals surface area contributed by atoms with E-state index in [9.17, 15) is 14.4 Å². The smallest absolute Gasteiger partial charge is 0.330 e. The van der Waals surface area contributed by atoms with Gasteiger partial charge in [-0.1, -0.05) is 73.5 Å². The molecule has 32 heavy (non-hydrogen) atoms. The van der Waals surface area contributed by atoms with Gasteiger partial charge in [-0.25, -0.2) is 4.79 Å². The number of hydrogen-bond acceptors (Lipinski definition) is 4. The van der Waals surface area contributed by atoms with Crippen molar-refractivity contribution in [3.63, 3.8) is 0 Å². The topological polar surface area (TPSA) is 101 Å². The monoisotopic (exact) mass is 434 g/mol. The summed E-state index contributed by atoms with van der Waals surface area (Å²) in [5, 5.41) is 0. The molecule has 3 N–H and O–H groups in total. The third kappa shape index (κ3) is 5.55. The van der Waals surface area contributed by atoms with Crippen molar-refractivity contribution in [1.82, 2.24) is 9.55 Å². The van der Waals surface area contributed by atoms with Crippen LogP contribution in [0.1, 0.15) is 42.9 Å². The zero-order valence-corrected chi connectivity index (χ0v) is 18.6. The van der Waals surface area contributed by atoms with E-state index < -0.39 is 11.2 Å². The predicted octanol–water partition coefficient (Wildman–Crippen LogP) is 3.39. The van der Waals surface area contributed by atoms with Crippen molar-refractivity contribution in [3.05, 3.63) is 92.1 Å². The highest BCUT2D eigenvalue weighted by Crippen LogP contribution is 2.21. The number of benzene rings is 2. The highest BCUT2D eigenvalue weighted by Gasteiger charge is 2.24. The number of nitrogens with one attached hydrogen (secondary N) is 1. The number of rotatable bonds is 9. The molecule has 0 aliphatic rings. The number of aromatic amines is 1. The fourth-order valence-corrected chi connectivity index (χ4v) is 3.69. The van der Waals surface area contributed by atoms with Crippen LogP contribution < -0.4 is 21.9 Å². The lowest BCUT2D eigenvalue weighted by Crippen LogP contribution is -2.41. The van der Waals surface area contributed by atoms with Crippen LogP contribution in [0.15, 0.2) is 64.2 Å². The van der Waals surface area contributed by atoms with Crippen LogP contribution in [0.2, 0.25) is 0 Å². The molecule has 7 nitrogen and oxygen atoms in total. The summed E-state index contributed by atoms with van der Waals surface area (Å²) >= 11 is 0. The lowest BCUT2D eigenvalue weighted by Gasteiger charge is -2.25. The molecular formula is C25H30N4O3. The number of anilines is 2. The van der Waals surface area contributed by atoms with Crippen LogP contribution in [-0.4, -0.2) is 15.5 Å². The van der Waals surface area contributed by atoms with E-state index in [4.69, 9.17) is 5.73 Å². The van der Waals surface area contributed by atoms with Crippen LogP contribution in [0.5, 0.6) is 0 Å². The standard InChI is InChI=1S/C25H30N4O3/c1-3-4-15-28-23(26)22(24(31)27-25(28)32)29(17-20-10-6-5-7-11-20)21(30)14-13-19-12-8-9-18(2)16-19/h5-12,16H,3-4,13-15,17,26H2,1-2H3,(H,27,31,32). The molecule has 0 saturated carbocycles. The molecule has 0 saturated heterocycles. The Bertz CT molecular complexity index is 1180. The van der Waals surface area contributed by atoms with E-state index in [0.717, 1.165) is 29.5 Å². The van der Waals surface area contributed by atoms with E-state index in [1.165, 1.54) is 9.47 Å². The van der Waals surface area contributed by atoms with Gasteiger partial charge >= 0.3 is 5.69 Å². The number of aromatic nitrogens is 2. The highest BCUT2D eigenvalue weighted by atomic mass is 16.2. The van der Waals surface area contributed by atoms with Gasteiger partial charge in [-0.05, 0) is 30.9 Å². The normalized spacial score (nSPS) is 10.8. The molecule has 7 heteroatoms. The molecule has 1 amide bonds.